The van der Waals surface area contributed by atoms with Gasteiger partial charge in [0.15, 0.2) is 0 Å². The van der Waals surface area contributed by atoms with Gasteiger partial charge in [0, 0.05) is 18.1 Å². The molecule has 0 aliphatic carbocycles. The lowest BCUT2D eigenvalue weighted by Crippen LogP contribution is -2.04. The van der Waals surface area contributed by atoms with Gasteiger partial charge in [0.05, 0.1) is 12.0 Å². The molecular formula is C15H15NO4. The van der Waals surface area contributed by atoms with E-state index >= 15 is 0 Å². The van der Waals surface area contributed by atoms with Crippen LogP contribution in [0.4, 0.5) is 0 Å². The van der Waals surface area contributed by atoms with Crippen LogP contribution in [0.5, 0.6) is 0 Å². The van der Waals surface area contributed by atoms with E-state index in [1.807, 2.05) is 13.0 Å². The Hall–Kier alpha value is -2.56. The molecule has 1 aromatic heterocycles. The number of aromatic nitrogens is 1. The van der Waals surface area contributed by atoms with Gasteiger partial charge in [0.1, 0.15) is 0 Å². The smallest absolute Gasteiger partial charge is 0.336 e. The highest BCUT2D eigenvalue weighted by Gasteiger charge is 2.11. The number of hydrogen-bond donors (Lipinski definition) is 2. The van der Waals surface area contributed by atoms with E-state index in [4.69, 9.17) is 5.11 Å². The highest BCUT2D eigenvalue weighted by molar-refractivity contribution is 5.90. The van der Waals surface area contributed by atoms with E-state index in [-0.39, 0.29) is 12.0 Å². The van der Waals surface area contributed by atoms with Gasteiger partial charge in [-0.15, -0.1) is 0 Å². The minimum Gasteiger partial charge on any atom is -0.481 e. The Labute approximate surface area is 116 Å². The van der Waals surface area contributed by atoms with Crippen LogP contribution < -0.4 is 0 Å². The fourth-order valence-electron chi connectivity index (χ4n) is 2.11. The Balaban J connectivity index is 2.37. The summed E-state index contributed by atoms with van der Waals surface area (Å²) < 4.78 is 1.73. The molecule has 0 radical (unpaired) electrons. The molecule has 0 unspecified atom stereocenters. The van der Waals surface area contributed by atoms with Gasteiger partial charge in [-0.2, -0.15) is 0 Å². The molecule has 0 aliphatic rings. The molecule has 0 amide bonds. The maximum absolute atomic E-state index is 11.2. The van der Waals surface area contributed by atoms with Crippen molar-refractivity contribution in [1.82, 2.24) is 4.57 Å². The molecule has 20 heavy (non-hydrogen) atoms. The summed E-state index contributed by atoms with van der Waals surface area (Å²) in [4.78, 5) is 21.9. The quantitative estimate of drug-likeness (QED) is 0.876. The number of carboxylic acid groups (broad SMARTS) is 2. The maximum Gasteiger partial charge on any atom is 0.336 e. The van der Waals surface area contributed by atoms with Gasteiger partial charge in [0.25, 0.3) is 0 Å². The predicted molar refractivity (Wildman–Crippen MR) is 73.4 cm³/mol. The van der Waals surface area contributed by atoms with Crippen molar-refractivity contribution in [1.29, 1.82) is 0 Å². The van der Waals surface area contributed by atoms with Crippen LogP contribution in [0.1, 0.15) is 28.4 Å². The van der Waals surface area contributed by atoms with Crippen LogP contribution in [0.3, 0.4) is 0 Å². The molecule has 5 heteroatoms. The van der Waals surface area contributed by atoms with Crippen molar-refractivity contribution in [2.45, 2.75) is 19.8 Å². The summed E-state index contributed by atoms with van der Waals surface area (Å²) in [5.41, 5.74) is 2.43. The number of rotatable bonds is 5. The van der Waals surface area contributed by atoms with Crippen LogP contribution in [0, 0.1) is 0 Å². The van der Waals surface area contributed by atoms with Crippen LogP contribution in [-0.4, -0.2) is 26.7 Å². The van der Waals surface area contributed by atoms with E-state index in [0.29, 0.717) is 17.7 Å². The fourth-order valence-corrected chi connectivity index (χ4v) is 2.11. The van der Waals surface area contributed by atoms with Crippen molar-refractivity contribution in [3.05, 3.63) is 53.3 Å². The number of carboxylic acids is 2. The third kappa shape index (κ3) is 2.88. The molecule has 1 aromatic carbocycles. The van der Waals surface area contributed by atoms with Crippen molar-refractivity contribution in [2.75, 3.05) is 0 Å². The van der Waals surface area contributed by atoms with E-state index in [2.05, 4.69) is 0 Å². The summed E-state index contributed by atoms with van der Waals surface area (Å²) in [5, 5.41) is 18.0. The van der Waals surface area contributed by atoms with Gasteiger partial charge in [-0.25, -0.2) is 4.79 Å². The highest BCUT2D eigenvalue weighted by atomic mass is 16.4. The third-order valence-corrected chi connectivity index (χ3v) is 3.11. The molecule has 0 atom stereocenters. The number of aryl methyl sites for hydroxylation is 1. The summed E-state index contributed by atoms with van der Waals surface area (Å²) in [7, 11) is 0. The van der Waals surface area contributed by atoms with Crippen LogP contribution in [0.15, 0.2) is 36.7 Å². The predicted octanol–water partition coefficient (Wildman–Crippen LogP) is 2.37. The zero-order valence-electron chi connectivity index (χ0n) is 11.0. The largest absolute Gasteiger partial charge is 0.481 e. The van der Waals surface area contributed by atoms with Crippen molar-refractivity contribution in [3.8, 4) is 5.69 Å². The molecule has 0 saturated heterocycles. The van der Waals surface area contributed by atoms with Gasteiger partial charge in [-0.05, 0) is 35.7 Å². The fraction of sp³-hybridized carbons (Fsp3) is 0.200. The maximum atomic E-state index is 11.2. The lowest BCUT2D eigenvalue weighted by molar-refractivity contribution is -0.136. The second kappa shape index (κ2) is 5.61. The Kier molecular flexibility index (Phi) is 3.89. The number of aliphatic carboxylic acids is 1. The average Bonchev–Trinajstić information content (AvgIpc) is 2.85. The number of carbonyl (C=O) groups is 2. The van der Waals surface area contributed by atoms with E-state index in [9.17, 15) is 14.7 Å². The summed E-state index contributed by atoms with van der Waals surface area (Å²) in [6, 6.07) is 6.93. The average molecular weight is 273 g/mol. The Morgan fingerprint density at radius 3 is 2.55 bits per heavy atom. The van der Waals surface area contributed by atoms with E-state index in [1.165, 1.54) is 0 Å². The second-order valence-electron chi connectivity index (χ2n) is 4.50. The lowest BCUT2D eigenvalue weighted by Gasteiger charge is -2.08. The van der Waals surface area contributed by atoms with Gasteiger partial charge >= 0.3 is 11.9 Å². The highest BCUT2D eigenvalue weighted by Crippen LogP contribution is 2.17. The molecule has 104 valence electrons. The monoisotopic (exact) mass is 273 g/mol. The normalized spacial score (nSPS) is 10.4. The van der Waals surface area contributed by atoms with E-state index in [1.54, 1.807) is 35.2 Å². The number of nitrogens with zero attached hydrogens (tertiary/aromatic N) is 1. The first-order valence-electron chi connectivity index (χ1n) is 6.26. The van der Waals surface area contributed by atoms with Gasteiger partial charge in [-0.1, -0.05) is 13.0 Å². The SMILES string of the molecule is CCc1ccc(-n2ccc(CC(=O)O)c2)cc1C(=O)O. The summed E-state index contributed by atoms with van der Waals surface area (Å²) >= 11 is 0. The lowest BCUT2D eigenvalue weighted by atomic mass is 10.0. The molecule has 0 bridgehead atoms. The van der Waals surface area contributed by atoms with Crippen molar-refractivity contribution >= 4 is 11.9 Å². The van der Waals surface area contributed by atoms with E-state index < -0.39 is 11.9 Å². The summed E-state index contributed by atoms with van der Waals surface area (Å²) in [6.07, 6.45) is 4.02. The van der Waals surface area contributed by atoms with Crippen LogP contribution in [-0.2, 0) is 17.6 Å². The van der Waals surface area contributed by atoms with Crippen LogP contribution >= 0.6 is 0 Å². The molecule has 2 rings (SSSR count). The molecule has 2 N–H and O–H groups in total. The van der Waals surface area contributed by atoms with Crippen molar-refractivity contribution in [2.24, 2.45) is 0 Å². The standard InChI is InChI=1S/C15H15NO4/c1-2-11-3-4-12(8-13(11)15(19)20)16-6-5-10(9-16)7-14(17)18/h3-6,8-9H,2,7H2,1H3,(H,17,18)(H,19,20). The molecule has 0 saturated carbocycles. The number of hydrogen-bond acceptors (Lipinski definition) is 2. The minimum absolute atomic E-state index is 0.0498. The topological polar surface area (TPSA) is 79.5 Å². The summed E-state index contributed by atoms with van der Waals surface area (Å²) in [6.45, 7) is 1.90. The first-order valence-corrected chi connectivity index (χ1v) is 6.26. The van der Waals surface area contributed by atoms with Crippen molar-refractivity contribution < 1.29 is 19.8 Å². The third-order valence-electron chi connectivity index (χ3n) is 3.11. The Morgan fingerprint density at radius 2 is 1.95 bits per heavy atom. The Bertz CT molecular complexity index is 658. The van der Waals surface area contributed by atoms with Crippen LogP contribution in [0.25, 0.3) is 5.69 Å². The number of aromatic carboxylic acids is 1. The van der Waals surface area contributed by atoms with Gasteiger partial charge in [0.2, 0.25) is 0 Å². The zero-order valence-corrected chi connectivity index (χ0v) is 11.0. The molecule has 0 spiro atoms. The first kappa shape index (κ1) is 13.9. The minimum atomic E-state index is -0.957. The Morgan fingerprint density at radius 1 is 1.20 bits per heavy atom. The van der Waals surface area contributed by atoms with Crippen LogP contribution in [0.2, 0.25) is 0 Å². The molecular weight excluding hydrogens is 258 g/mol. The molecule has 0 aliphatic heterocycles. The van der Waals surface area contributed by atoms with Gasteiger partial charge in [-0.3, -0.25) is 4.79 Å². The molecule has 2 aromatic rings. The molecule has 5 nitrogen and oxygen atoms in total. The van der Waals surface area contributed by atoms with E-state index in [0.717, 1.165) is 5.56 Å². The van der Waals surface area contributed by atoms with Crippen molar-refractivity contribution in [3.63, 3.8) is 0 Å². The molecule has 1 heterocycles. The zero-order chi connectivity index (χ0) is 14.7. The second-order valence-corrected chi connectivity index (χ2v) is 4.50. The summed E-state index contributed by atoms with van der Waals surface area (Å²) in [5.74, 6) is -1.85. The number of benzene rings is 1. The van der Waals surface area contributed by atoms with Gasteiger partial charge < -0.3 is 14.8 Å². The first-order chi connectivity index (χ1) is 9.51. The molecule has 0 fully saturated rings.